The summed E-state index contributed by atoms with van der Waals surface area (Å²) < 4.78 is 15.4. The Kier molecular flexibility index (Phi) is 7.16. The quantitative estimate of drug-likeness (QED) is 0.632. The third-order valence-corrected chi connectivity index (χ3v) is 2.77. The van der Waals surface area contributed by atoms with Crippen LogP contribution in [0.1, 0.15) is 38.1 Å². The molecule has 1 aromatic carbocycles. The number of carbonyl (C=O) groups is 2. The van der Waals surface area contributed by atoms with Crippen LogP contribution in [0, 0.1) is 0 Å². The number of rotatable bonds is 6. The highest BCUT2D eigenvalue weighted by Crippen LogP contribution is 2.25. The molecule has 0 heterocycles. The van der Waals surface area contributed by atoms with E-state index in [-0.39, 0.29) is 13.2 Å². The van der Waals surface area contributed by atoms with Crippen LogP contribution in [0.4, 0.5) is 4.79 Å². The van der Waals surface area contributed by atoms with Gasteiger partial charge in [0.2, 0.25) is 0 Å². The van der Waals surface area contributed by atoms with Crippen LogP contribution in [0.2, 0.25) is 5.02 Å². The average molecular weight is 344 g/mol. The number of hydrogen-bond acceptors (Lipinski definition) is 5. The molecule has 0 bridgehead atoms. The summed E-state index contributed by atoms with van der Waals surface area (Å²) in [5.41, 5.74) is -0.187. The fourth-order valence-corrected chi connectivity index (χ4v) is 1.82. The molecule has 1 amide bonds. The smallest absolute Gasteiger partial charge is 0.407 e. The van der Waals surface area contributed by atoms with Gasteiger partial charge < -0.3 is 19.5 Å². The number of halogens is 1. The van der Waals surface area contributed by atoms with Crippen molar-refractivity contribution >= 4 is 23.7 Å². The number of benzene rings is 1. The van der Waals surface area contributed by atoms with E-state index < -0.39 is 17.7 Å². The molecule has 0 saturated carbocycles. The first kappa shape index (κ1) is 19.1. The highest BCUT2D eigenvalue weighted by molar-refractivity contribution is 6.32. The minimum Gasteiger partial charge on any atom is -0.490 e. The lowest BCUT2D eigenvalue weighted by atomic mass is 10.2. The van der Waals surface area contributed by atoms with E-state index in [1.165, 1.54) is 6.07 Å². The first-order valence-corrected chi connectivity index (χ1v) is 7.67. The zero-order chi connectivity index (χ0) is 17.5. The normalized spacial score (nSPS) is 10.8. The predicted molar refractivity (Wildman–Crippen MR) is 87.1 cm³/mol. The zero-order valence-corrected chi connectivity index (χ0v) is 14.5. The van der Waals surface area contributed by atoms with Gasteiger partial charge in [-0.1, -0.05) is 11.6 Å². The Labute approximate surface area is 141 Å². The minimum absolute atomic E-state index is 0.220. The maximum Gasteiger partial charge on any atom is 0.407 e. The monoisotopic (exact) mass is 343 g/mol. The molecule has 6 nitrogen and oxygen atoms in total. The molecule has 0 saturated heterocycles. The van der Waals surface area contributed by atoms with Crippen molar-refractivity contribution in [3.05, 3.63) is 28.8 Å². The van der Waals surface area contributed by atoms with Crippen molar-refractivity contribution in [2.24, 2.45) is 0 Å². The van der Waals surface area contributed by atoms with Gasteiger partial charge in [0.1, 0.15) is 18.0 Å². The second-order valence-corrected chi connectivity index (χ2v) is 6.05. The van der Waals surface area contributed by atoms with Crippen LogP contribution in [0.5, 0.6) is 5.75 Å². The third-order valence-electron chi connectivity index (χ3n) is 2.47. The first-order chi connectivity index (χ1) is 10.7. The topological polar surface area (TPSA) is 73.9 Å². The van der Waals surface area contributed by atoms with Crippen molar-refractivity contribution < 1.29 is 23.8 Å². The van der Waals surface area contributed by atoms with E-state index in [2.05, 4.69) is 5.32 Å². The lowest BCUT2D eigenvalue weighted by Gasteiger charge is -2.19. The second-order valence-electron chi connectivity index (χ2n) is 5.64. The second kappa shape index (κ2) is 8.62. The number of ether oxygens (including phenoxy) is 3. The fraction of sp³-hybridized carbons (Fsp3) is 0.500. The number of esters is 1. The largest absolute Gasteiger partial charge is 0.490 e. The van der Waals surface area contributed by atoms with E-state index >= 15 is 0 Å². The Bertz CT molecular complexity index is 554. The van der Waals surface area contributed by atoms with E-state index in [4.69, 9.17) is 25.8 Å². The van der Waals surface area contributed by atoms with Gasteiger partial charge in [-0.25, -0.2) is 9.59 Å². The zero-order valence-electron chi connectivity index (χ0n) is 13.8. The van der Waals surface area contributed by atoms with Gasteiger partial charge in [-0.05, 0) is 45.9 Å². The van der Waals surface area contributed by atoms with Gasteiger partial charge in [0.05, 0.1) is 23.7 Å². The molecular formula is C16H22ClNO5. The fourth-order valence-electron chi connectivity index (χ4n) is 1.59. The molecule has 0 radical (unpaired) electrons. The molecule has 0 fully saturated rings. The molecule has 23 heavy (non-hydrogen) atoms. The summed E-state index contributed by atoms with van der Waals surface area (Å²) in [6, 6.07) is 4.64. The molecule has 0 atom stereocenters. The van der Waals surface area contributed by atoms with Crippen molar-refractivity contribution in [2.45, 2.75) is 33.3 Å². The Morgan fingerprint density at radius 1 is 1.26 bits per heavy atom. The van der Waals surface area contributed by atoms with Crippen LogP contribution >= 0.6 is 11.6 Å². The molecule has 0 spiro atoms. The lowest BCUT2D eigenvalue weighted by molar-refractivity contribution is 0.0511. The molecule has 0 unspecified atom stereocenters. The van der Waals surface area contributed by atoms with Gasteiger partial charge >= 0.3 is 12.1 Å². The molecule has 1 rings (SSSR count). The van der Waals surface area contributed by atoms with Crippen LogP contribution in [-0.2, 0) is 9.47 Å². The molecule has 1 aromatic rings. The first-order valence-electron chi connectivity index (χ1n) is 7.29. The Morgan fingerprint density at radius 2 is 1.96 bits per heavy atom. The molecule has 7 heteroatoms. The molecule has 0 aliphatic heterocycles. The Morgan fingerprint density at radius 3 is 2.52 bits per heavy atom. The third kappa shape index (κ3) is 7.23. The predicted octanol–water partition coefficient (Wildman–Crippen LogP) is 3.42. The van der Waals surface area contributed by atoms with E-state index in [0.717, 1.165) is 0 Å². The van der Waals surface area contributed by atoms with Crippen molar-refractivity contribution in [1.29, 1.82) is 0 Å². The van der Waals surface area contributed by atoms with Gasteiger partial charge in [0, 0.05) is 0 Å². The summed E-state index contributed by atoms with van der Waals surface area (Å²) in [6.07, 6.45) is -0.509. The van der Waals surface area contributed by atoms with E-state index in [1.807, 2.05) is 0 Å². The number of nitrogens with one attached hydrogen (secondary N) is 1. The molecule has 1 N–H and O–H groups in total. The van der Waals surface area contributed by atoms with Gasteiger partial charge in [-0.3, -0.25) is 0 Å². The minimum atomic E-state index is -0.544. The van der Waals surface area contributed by atoms with Crippen molar-refractivity contribution in [3.8, 4) is 5.75 Å². The van der Waals surface area contributed by atoms with Gasteiger partial charge in [-0.15, -0.1) is 0 Å². The molecule has 0 aromatic heterocycles. The summed E-state index contributed by atoms with van der Waals surface area (Å²) in [6.45, 7) is 7.87. The van der Waals surface area contributed by atoms with Crippen LogP contribution in [0.3, 0.4) is 0 Å². The number of carbonyl (C=O) groups excluding carboxylic acids is 2. The van der Waals surface area contributed by atoms with Crippen molar-refractivity contribution in [2.75, 3.05) is 19.8 Å². The highest BCUT2D eigenvalue weighted by atomic mass is 35.5. The van der Waals surface area contributed by atoms with Crippen LogP contribution in [0.15, 0.2) is 18.2 Å². The summed E-state index contributed by atoms with van der Waals surface area (Å²) in [5.74, 6) is -0.0155. The number of alkyl carbamates (subject to hydrolysis) is 1. The number of amides is 1. The maximum absolute atomic E-state index is 11.6. The van der Waals surface area contributed by atoms with Crippen LogP contribution in [-0.4, -0.2) is 37.4 Å². The maximum atomic E-state index is 11.6. The van der Waals surface area contributed by atoms with Crippen molar-refractivity contribution in [1.82, 2.24) is 5.32 Å². The summed E-state index contributed by atoms with van der Waals surface area (Å²) in [5, 5.41) is 2.87. The summed E-state index contributed by atoms with van der Waals surface area (Å²) >= 11 is 6.06. The van der Waals surface area contributed by atoms with E-state index in [0.29, 0.717) is 22.9 Å². The van der Waals surface area contributed by atoms with Crippen LogP contribution in [0.25, 0.3) is 0 Å². The molecular weight excluding hydrogens is 322 g/mol. The lowest BCUT2D eigenvalue weighted by Crippen LogP contribution is -2.34. The molecule has 0 aliphatic carbocycles. The highest BCUT2D eigenvalue weighted by Gasteiger charge is 2.15. The molecule has 0 aliphatic rings. The van der Waals surface area contributed by atoms with Gasteiger partial charge in [-0.2, -0.15) is 0 Å². The van der Waals surface area contributed by atoms with E-state index in [9.17, 15) is 9.59 Å². The molecule has 128 valence electrons. The van der Waals surface area contributed by atoms with E-state index in [1.54, 1.807) is 39.8 Å². The average Bonchev–Trinajstić information content (AvgIpc) is 2.43. The SMILES string of the molecule is CCOC(=O)c1ccc(OCCNC(=O)OC(C)(C)C)c(Cl)c1. The number of hydrogen-bond donors (Lipinski definition) is 1. The summed E-state index contributed by atoms with van der Waals surface area (Å²) in [4.78, 5) is 23.0. The Hall–Kier alpha value is -1.95. The summed E-state index contributed by atoms with van der Waals surface area (Å²) in [7, 11) is 0. The van der Waals surface area contributed by atoms with Gasteiger partial charge in [0.15, 0.2) is 0 Å². The van der Waals surface area contributed by atoms with Crippen LogP contribution < -0.4 is 10.1 Å². The van der Waals surface area contributed by atoms with Crippen molar-refractivity contribution in [3.63, 3.8) is 0 Å². The van der Waals surface area contributed by atoms with Gasteiger partial charge in [0.25, 0.3) is 0 Å². The Balaban J connectivity index is 2.44. The standard InChI is InChI=1S/C16H22ClNO5/c1-5-21-14(19)11-6-7-13(12(17)10-11)22-9-8-18-15(20)23-16(2,3)4/h6-7,10H,5,8-9H2,1-4H3,(H,18,20).